The van der Waals surface area contributed by atoms with Gasteiger partial charge in [-0.3, -0.25) is 4.98 Å². The molecule has 0 amide bonds. The Bertz CT molecular complexity index is 686. The van der Waals surface area contributed by atoms with E-state index in [9.17, 15) is 9.90 Å². The molecule has 0 fully saturated rings. The molecule has 2 N–H and O–H groups in total. The summed E-state index contributed by atoms with van der Waals surface area (Å²) in [4.78, 5) is 19.3. The van der Waals surface area contributed by atoms with Crippen LogP contribution in [0.3, 0.4) is 0 Å². The predicted molar refractivity (Wildman–Crippen MR) is 66.4 cm³/mol. The number of aromatic amines is 1. The number of hydrogen-bond donors (Lipinski definition) is 2. The van der Waals surface area contributed by atoms with Crippen molar-refractivity contribution < 1.29 is 9.90 Å². The molecule has 17 heavy (non-hydrogen) atoms. The summed E-state index contributed by atoms with van der Waals surface area (Å²) in [6.45, 7) is 0. The Morgan fingerprint density at radius 2 is 2.24 bits per heavy atom. The van der Waals surface area contributed by atoms with Crippen LogP contribution in [0.4, 0.5) is 0 Å². The standard InChI is InChI=1S/C12H8N2O2S/c15-12(16)11-9(8-4-2-6-17-8)10-7(14-11)3-1-5-13-10/h1-6,14H,(H,15,16). The van der Waals surface area contributed by atoms with Gasteiger partial charge in [0.05, 0.1) is 16.6 Å². The molecule has 0 saturated carbocycles. The van der Waals surface area contributed by atoms with Crippen LogP contribution in [0.25, 0.3) is 21.5 Å². The Labute approximate surface area is 101 Å². The van der Waals surface area contributed by atoms with E-state index in [1.54, 1.807) is 12.3 Å². The van der Waals surface area contributed by atoms with Crippen molar-refractivity contribution in [1.29, 1.82) is 0 Å². The monoisotopic (exact) mass is 244 g/mol. The minimum atomic E-state index is -0.966. The van der Waals surface area contributed by atoms with Crippen molar-refractivity contribution in [3.05, 3.63) is 41.5 Å². The number of fused-ring (bicyclic) bond motifs is 1. The van der Waals surface area contributed by atoms with Gasteiger partial charge in [0.1, 0.15) is 5.69 Å². The maximum Gasteiger partial charge on any atom is 0.353 e. The van der Waals surface area contributed by atoms with Crippen molar-refractivity contribution in [3.8, 4) is 10.4 Å². The van der Waals surface area contributed by atoms with Crippen molar-refractivity contribution in [1.82, 2.24) is 9.97 Å². The number of aromatic nitrogens is 2. The minimum absolute atomic E-state index is 0.196. The zero-order valence-corrected chi connectivity index (χ0v) is 9.49. The maximum atomic E-state index is 11.2. The molecule has 0 aromatic carbocycles. The molecule has 0 saturated heterocycles. The average molecular weight is 244 g/mol. The summed E-state index contributed by atoms with van der Waals surface area (Å²) in [6, 6.07) is 7.40. The van der Waals surface area contributed by atoms with E-state index in [-0.39, 0.29) is 5.69 Å². The van der Waals surface area contributed by atoms with E-state index in [2.05, 4.69) is 9.97 Å². The highest BCUT2D eigenvalue weighted by Gasteiger charge is 2.19. The molecular formula is C12H8N2O2S. The second-order valence-electron chi connectivity index (χ2n) is 3.56. The van der Waals surface area contributed by atoms with Gasteiger partial charge in [-0.25, -0.2) is 4.79 Å². The SMILES string of the molecule is O=C(O)c1[nH]c2cccnc2c1-c1cccs1. The molecule has 0 radical (unpaired) electrons. The lowest BCUT2D eigenvalue weighted by atomic mass is 10.2. The number of carboxylic acids is 1. The fourth-order valence-corrected chi connectivity index (χ4v) is 2.62. The lowest BCUT2D eigenvalue weighted by Crippen LogP contribution is -1.98. The summed E-state index contributed by atoms with van der Waals surface area (Å²) >= 11 is 1.50. The molecule has 3 heterocycles. The topological polar surface area (TPSA) is 66.0 Å². The third-order valence-electron chi connectivity index (χ3n) is 2.54. The number of thiophene rings is 1. The van der Waals surface area contributed by atoms with Crippen LogP contribution in [0, 0.1) is 0 Å². The van der Waals surface area contributed by atoms with Gasteiger partial charge in [-0.2, -0.15) is 0 Å². The number of hydrogen-bond acceptors (Lipinski definition) is 3. The number of pyridine rings is 1. The molecule has 5 heteroatoms. The molecular weight excluding hydrogens is 236 g/mol. The van der Waals surface area contributed by atoms with E-state index in [0.29, 0.717) is 11.1 Å². The molecule has 0 unspecified atom stereocenters. The van der Waals surface area contributed by atoms with Gasteiger partial charge in [0.2, 0.25) is 0 Å². The normalized spacial score (nSPS) is 10.8. The van der Waals surface area contributed by atoms with Crippen molar-refractivity contribution in [3.63, 3.8) is 0 Å². The highest BCUT2D eigenvalue weighted by molar-refractivity contribution is 7.13. The molecule has 0 aliphatic carbocycles. The van der Waals surface area contributed by atoms with Gasteiger partial charge in [-0.05, 0) is 23.6 Å². The first-order valence-electron chi connectivity index (χ1n) is 5.01. The van der Waals surface area contributed by atoms with Gasteiger partial charge in [0.25, 0.3) is 0 Å². The van der Waals surface area contributed by atoms with E-state index in [1.165, 1.54) is 11.3 Å². The van der Waals surface area contributed by atoms with Crippen molar-refractivity contribution >= 4 is 28.3 Å². The van der Waals surface area contributed by atoms with Crippen LogP contribution >= 0.6 is 11.3 Å². The van der Waals surface area contributed by atoms with Crippen LogP contribution < -0.4 is 0 Å². The number of nitrogens with one attached hydrogen (secondary N) is 1. The van der Waals surface area contributed by atoms with Crippen molar-refractivity contribution in [2.75, 3.05) is 0 Å². The Balaban J connectivity index is 2.40. The van der Waals surface area contributed by atoms with E-state index in [1.807, 2.05) is 23.6 Å². The first-order valence-corrected chi connectivity index (χ1v) is 5.89. The van der Waals surface area contributed by atoms with Gasteiger partial charge >= 0.3 is 5.97 Å². The number of rotatable bonds is 2. The summed E-state index contributed by atoms with van der Waals surface area (Å²) in [6.07, 6.45) is 1.67. The first kappa shape index (κ1) is 10.0. The molecule has 0 aliphatic rings. The van der Waals surface area contributed by atoms with E-state index in [0.717, 1.165) is 10.4 Å². The lowest BCUT2D eigenvalue weighted by molar-refractivity contribution is 0.0692. The number of aromatic carboxylic acids is 1. The second kappa shape index (κ2) is 3.71. The number of carbonyl (C=O) groups is 1. The van der Waals surface area contributed by atoms with Gasteiger partial charge < -0.3 is 10.1 Å². The van der Waals surface area contributed by atoms with Crippen molar-refractivity contribution in [2.24, 2.45) is 0 Å². The van der Waals surface area contributed by atoms with Crippen LogP contribution in [0.5, 0.6) is 0 Å². The lowest BCUT2D eigenvalue weighted by Gasteiger charge is -1.96. The predicted octanol–water partition coefficient (Wildman–Crippen LogP) is 2.99. The zero-order chi connectivity index (χ0) is 11.8. The van der Waals surface area contributed by atoms with Crippen LogP contribution in [-0.2, 0) is 0 Å². The summed E-state index contributed by atoms with van der Waals surface area (Å²) in [5.74, 6) is -0.966. The van der Waals surface area contributed by atoms with Gasteiger partial charge in [-0.15, -0.1) is 11.3 Å². The Kier molecular flexibility index (Phi) is 2.19. The Hall–Kier alpha value is -2.14. The third kappa shape index (κ3) is 1.52. The average Bonchev–Trinajstić information content (AvgIpc) is 2.94. The highest BCUT2D eigenvalue weighted by atomic mass is 32.1. The van der Waals surface area contributed by atoms with Crippen LogP contribution in [-0.4, -0.2) is 21.0 Å². The second-order valence-corrected chi connectivity index (χ2v) is 4.50. The summed E-state index contributed by atoms with van der Waals surface area (Å²) in [5.41, 5.74) is 2.31. The zero-order valence-electron chi connectivity index (χ0n) is 8.68. The Morgan fingerprint density at radius 1 is 1.35 bits per heavy atom. The number of H-pyrrole nitrogens is 1. The molecule has 3 aromatic rings. The van der Waals surface area contributed by atoms with Gasteiger partial charge in [0, 0.05) is 11.1 Å². The number of nitrogens with zero attached hydrogens (tertiary/aromatic N) is 1. The van der Waals surface area contributed by atoms with Crippen LogP contribution in [0.2, 0.25) is 0 Å². The summed E-state index contributed by atoms with van der Waals surface area (Å²) in [7, 11) is 0. The van der Waals surface area contributed by atoms with E-state index in [4.69, 9.17) is 0 Å². The number of carboxylic acid groups (broad SMARTS) is 1. The molecule has 0 bridgehead atoms. The molecule has 3 rings (SSSR count). The van der Waals surface area contributed by atoms with Crippen LogP contribution in [0.15, 0.2) is 35.8 Å². The fourth-order valence-electron chi connectivity index (χ4n) is 1.84. The van der Waals surface area contributed by atoms with Crippen LogP contribution in [0.1, 0.15) is 10.5 Å². The third-order valence-corrected chi connectivity index (χ3v) is 3.42. The first-order chi connectivity index (χ1) is 8.27. The van der Waals surface area contributed by atoms with Crippen molar-refractivity contribution in [2.45, 2.75) is 0 Å². The van der Waals surface area contributed by atoms with E-state index >= 15 is 0 Å². The molecule has 0 aliphatic heterocycles. The van der Waals surface area contributed by atoms with Gasteiger partial charge in [0.15, 0.2) is 0 Å². The minimum Gasteiger partial charge on any atom is -0.477 e. The largest absolute Gasteiger partial charge is 0.477 e. The summed E-state index contributed by atoms with van der Waals surface area (Å²) in [5, 5.41) is 11.1. The quantitative estimate of drug-likeness (QED) is 0.728. The molecule has 3 aromatic heterocycles. The molecule has 84 valence electrons. The Morgan fingerprint density at radius 3 is 2.94 bits per heavy atom. The molecule has 0 spiro atoms. The molecule has 4 nitrogen and oxygen atoms in total. The summed E-state index contributed by atoms with van der Waals surface area (Å²) < 4.78 is 0. The fraction of sp³-hybridized carbons (Fsp3) is 0. The maximum absolute atomic E-state index is 11.2. The molecule has 0 atom stereocenters. The van der Waals surface area contributed by atoms with Gasteiger partial charge in [-0.1, -0.05) is 6.07 Å². The smallest absolute Gasteiger partial charge is 0.353 e. The van der Waals surface area contributed by atoms with E-state index < -0.39 is 5.97 Å². The highest BCUT2D eigenvalue weighted by Crippen LogP contribution is 2.33.